The van der Waals surface area contributed by atoms with Gasteiger partial charge >= 0.3 is 0 Å². The summed E-state index contributed by atoms with van der Waals surface area (Å²) in [6.07, 6.45) is 1.54. The first kappa shape index (κ1) is 25.2. The van der Waals surface area contributed by atoms with Gasteiger partial charge in [0.1, 0.15) is 25.1 Å². The number of likely N-dealkylation sites (tertiary alicyclic amines) is 1. The Morgan fingerprint density at radius 3 is 2.49 bits per heavy atom. The van der Waals surface area contributed by atoms with Crippen LogP contribution in [0.4, 0.5) is 4.39 Å². The summed E-state index contributed by atoms with van der Waals surface area (Å²) < 4.78 is 24.6. The zero-order valence-electron chi connectivity index (χ0n) is 20.6. The number of aliphatic hydroxyl groups is 1. The molecule has 2 atom stereocenters. The highest BCUT2D eigenvalue weighted by molar-refractivity contribution is 6.36. The van der Waals surface area contributed by atoms with Gasteiger partial charge in [-0.1, -0.05) is 30.3 Å². The van der Waals surface area contributed by atoms with E-state index in [2.05, 4.69) is 10.2 Å². The van der Waals surface area contributed by atoms with E-state index in [1.54, 1.807) is 24.3 Å². The molecular weight excluding hydrogens is 475 g/mol. The van der Waals surface area contributed by atoms with E-state index in [9.17, 15) is 19.1 Å². The van der Waals surface area contributed by atoms with E-state index in [0.717, 1.165) is 42.3 Å². The second-order valence-corrected chi connectivity index (χ2v) is 9.68. The van der Waals surface area contributed by atoms with Crippen LogP contribution >= 0.6 is 0 Å². The van der Waals surface area contributed by atoms with Crippen LogP contribution in [0.25, 0.3) is 10.8 Å². The van der Waals surface area contributed by atoms with Crippen molar-refractivity contribution in [3.05, 3.63) is 71.5 Å². The molecule has 1 amide bonds. The molecule has 5 rings (SSSR count). The molecule has 0 aromatic heterocycles. The van der Waals surface area contributed by atoms with E-state index in [1.165, 1.54) is 12.1 Å². The molecule has 1 saturated heterocycles. The van der Waals surface area contributed by atoms with E-state index in [4.69, 9.17) is 9.47 Å². The van der Waals surface area contributed by atoms with Gasteiger partial charge in [-0.2, -0.15) is 0 Å². The van der Waals surface area contributed by atoms with Crippen molar-refractivity contribution in [1.29, 1.82) is 0 Å². The zero-order chi connectivity index (χ0) is 25.8. The zero-order valence-corrected chi connectivity index (χ0v) is 20.6. The average Bonchev–Trinajstić information content (AvgIpc) is 3.43. The van der Waals surface area contributed by atoms with Crippen LogP contribution in [0.2, 0.25) is 0 Å². The van der Waals surface area contributed by atoms with Crippen LogP contribution in [0.3, 0.4) is 0 Å². The molecule has 0 radical (unpaired) electrons. The Kier molecular flexibility index (Phi) is 7.67. The number of aryl methyl sites for hydroxylation is 1. The van der Waals surface area contributed by atoms with E-state index in [0.29, 0.717) is 43.2 Å². The first-order valence-electron chi connectivity index (χ1n) is 12.8. The topological polar surface area (TPSA) is 88.1 Å². The summed E-state index contributed by atoms with van der Waals surface area (Å²) in [7, 11) is 0. The van der Waals surface area contributed by atoms with Gasteiger partial charge in [0.15, 0.2) is 11.5 Å². The molecule has 7 nitrogen and oxygen atoms in total. The molecule has 8 heteroatoms. The smallest absolute Gasteiger partial charge is 0.287 e. The van der Waals surface area contributed by atoms with Crippen molar-refractivity contribution in [2.45, 2.75) is 37.8 Å². The number of halogens is 1. The SMILES string of the molecule is O=C(CCc1ccc2cc(F)ccc2c1)C(=O)NC(CN1CCCC1)C(O)c1ccc2c(c1)OCCO2. The van der Waals surface area contributed by atoms with Gasteiger partial charge in [-0.15, -0.1) is 0 Å². The number of Topliss-reactive ketones (excluding diaryl/α,β-unsaturated/α-hetero) is 1. The normalized spacial score (nSPS) is 16.9. The fraction of sp³-hybridized carbons (Fsp3) is 0.379. The third-order valence-electron chi connectivity index (χ3n) is 7.02. The highest BCUT2D eigenvalue weighted by atomic mass is 19.1. The van der Waals surface area contributed by atoms with Gasteiger partial charge in [0.2, 0.25) is 5.78 Å². The molecule has 0 aliphatic carbocycles. The van der Waals surface area contributed by atoms with Gasteiger partial charge in [0.05, 0.1) is 6.04 Å². The Morgan fingerprint density at radius 1 is 0.946 bits per heavy atom. The van der Waals surface area contributed by atoms with E-state index in [-0.39, 0.29) is 12.2 Å². The number of ether oxygens (including phenoxy) is 2. The lowest BCUT2D eigenvalue weighted by atomic mass is 10.00. The maximum atomic E-state index is 13.4. The summed E-state index contributed by atoms with van der Waals surface area (Å²) in [5.41, 5.74) is 1.49. The van der Waals surface area contributed by atoms with Crippen molar-refractivity contribution in [2.75, 3.05) is 32.8 Å². The van der Waals surface area contributed by atoms with Crippen molar-refractivity contribution in [3.8, 4) is 11.5 Å². The third kappa shape index (κ3) is 6.09. The second kappa shape index (κ2) is 11.3. The quantitative estimate of drug-likeness (QED) is 0.432. The minimum atomic E-state index is -1.02. The first-order valence-corrected chi connectivity index (χ1v) is 12.8. The van der Waals surface area contributed by atoms with Crippen molar-refractivity contribution < 1.29 is 28.6 Å². The monoisotopic (exact) mass is 506 g/mol. The second-order valence-electron chi connectivity index (χ2n) is 9.68. The number of fused-ring (bicyclic) bond motifs is 2. The molecule has 194 valence electrons. The molecule has 0 bridgehead atoms. The molecule has 2 unspecified atom stereocenters. The van der Waals surface area contributed by atoms with Crippen molar-refractivity contribution >= 4 is 22.5 Å². The number of nitrogens with zero attached hydrogens (tertiary/aromatic N) is 1. The predicted molar refractivity (Wildman–Crippen MR) is 137 cm³/mol. The lowest BCUT2D eigenvalue weighted by Gasteiger charge is -2.29. The van der Waals surface area contributed by atoms with Crippen molar-refractivity contribution in [3.63, 3.8) is 0 Å². The lowest BCUT2D eigenvalue weighted by Crippen LogP contribution is -2.48. The number of hydrogen-bond acceptors (Lipinski definition) is 6. The van der Waals surface area contributed by atoms with Crippen LogP contribution in [-0.2, 0) is 16.0 Å². The fourth-order valence-electron chi connectivity index (χ4n) is 4.99. The lowest BCUT2D eigenvalue weighted by molar-refractivity contribution is -0.139. The van der Waals surface area contributed by atoms with Gasteiger partial charge in [0.25, 0.3) is 5.91 Å². The summed E-state index contributed by atoms with van der Waals surface area (Å²) in [5, 5.41) is 15.7. The molecule has 2 heterocycles. The number of amides is 1. The summed E-state index contributed by atoms with van der Waals surface area (Å²) in [6.45, 7) is 3.13. The van der Waals surface area contributed by atoms with Crippen LogP contribution in [0.1, 0.15) is 36.5 Å². The molecule has 0 spiro atoms. The fourth-order valence-corrected chi connectivity index (χ4v) is 4.99. The Labute approximate surface area is 215 Å². The van der Waals surface area contributed by atoms with Gasteiger partial charge in [0, 0.05) is 13.0 Å². The number of carbonyl (C=O) groups excluding carboxylic acids is 2. The molecule has 37 heavy (non-hydrogen) atoms. The van der Waals surface area contributed by atoms with E-state index >= 15 is 0 Å². The van der Waals surface area contributed by atoms with Crippen LogP contribution in [-0.4, -0.2) is 60.6 Å². The minimum absolute atomic E-state index is 0.0368. The maximum absolute atomic E-state index is 13.4. The number of carbonyl (C=O) groups is 2. The Balaban J connectivity index is 1.25. The molecule has 1 fully saturated rings. The van der Waals surface area contributed by atoms with Gasteiger partial charge in [-0.25, -0.2) is 4.39 Å². The average molecular weight is 507 g/mol. The van der Waals surface area contributed by atoms with Crippen molar-refractivity contribution in [1.82, 2.24) is 10.2 Å². The van der Waals surface area contributed by atoms with Gasteiger partial charge in [-0.3, -0.25) is 9.59 Å². The van der Waals surface area contributed by atoms with Crippen LogP contribution in [0.5, 0.6) is 11.5 Å². The molecular formula is C29H31FN2O5. The molecule has 2 aliphatic heterocycles. The Hall–Kier alpha value is -3.49. The molecule has 2 aliphatic rings. The molecule has 2 N–H and O–H groups in total. The molecule has 0 saturated carbocycles. The third-order valence-corrected chi connectivity index (χ3v) is 7.02. The summed E-state index contributed by atoms with van der Waals surface area (Å²) in [6, 6.07) is 14.7. The number of nitrogens with one attached hydrogen (secondary N) is 1. The largest absolute Gasteiger partial charge is 0.486 e. The summed E-state index contributed by atoms with van der Waals surface area (Å²) >= 11 is 0. The number of benzene rings is 3. The van der Waals surface area contributed by atoms with Crippen LogP contribution in [0.15, 0.2) is 54.6 Å². The van der Waals surface area contributed by atoms with E-state index in [1.807, 2.05) is 18.2 Å². The molecule has 3 aromatic carbocycles. The predicted octanol–water partition coefficient (Wildman–Crippen LogP) is 3.57. The number of ketones is 1. The van der Waals surface area contributed by atoms with Crippen LogP contribution < -0.4 is 14.8 Å². The summed E-state index contributed by atoms with van der Waals surface area (Å²) in [4.78, 5) is 27.8. The van der Waals surface area contributed by atoms with Crippen molar-refractivity contribution in [2.24, 2.45) is 0 Å². The Morgan fingerprint density at radius 2 is 1.68 bits per heavy atom. The summed E-state index contributed by atoms with van der Waals surface area (Å²) in [5.74, 6) is -0.364. The minimum Gasteiger partial charge on any atom is -0.486 e. The Bertz CT molecular complexity index is 1290. The van der Waals surface area contributed by atoms with Crippen LogP contribution in [0, 0.1) is 5.82 Å². The number of hydrogen-bond donors (Lipinski definition) is 2. The highest BCUT2D eigenvalue weighted by Gasteiger charge is 2.29. The maximum Gasteiger partial charge on any atom is 0.287 e. The standard InChI is InChI=1S/C29H31FN2O5/c30-23-8-6-20-15-19(3-5-21(20)16-23)4-9-25(33)29(35)31-24(18-32-11-1-2-12-32)28(34)22-7-10-26-27(17-22)37-14-13-36-26/h3,5-8,10,15-17,24,28,34H,1-2,4,9,11-14,18H2,(H,31,35). The van der Waals surface area contributed by atoms with Gasteiger partial charge < -0.3 is 24.8 Å². The first-order chi connectivity index (χ1) is 18.0. The number of rotatable bonds is 9. The van der Waals surface area contributed by atoms with E-state index < -0.39 is 23.8 Å². The number of aliphatic hydroxyl groups excluding tert-OH is 1. The van der Waals surface area contributed by atoms with Gasteiger partial charge in [-0.05, 0) is 78.5 Å². The molecule has 3 aromatic rings. The highest BCUT2D eigenvalue weighted by Crippen LogP contribution is 2.33.